The third-order valence-corrected chi connectivity index (χ3v) is 7.18. The van der Waals surface area contributed by atoms with E-state index in [1.54, 1.807) is 17.5 Å². The summed E-state index contributed by atoms with van der Waals surface area (Å²) in [5, 5.41) is 0.931. The molecule has 0 bridgehead atoms. The van der Waals surface area contributed by atoms with Crippen LogP contribution in [-0.2, 0) is 24.9 Å². The van der Waals surface area contributed by atoms with E-state index in [9.17, 15) is 0 Å². The molecule has 1 aliphatic rings. The molecule has 0 saturated carbocycles. The van der Waals surface area contributed by atoms with Gasteiger partial charge in [-0.2, -0.15) is 9.56 Å². The molecule has 0 radical (unpaired) electrons. The number of hydrogen-bond acceptors (Lipinski definition) is 6. The van der Waals surface area contributed by atoms with Crippen molar-refractivity contribution in [1.29, 1.82) is 0 Å². The molecule has 1 aromatic carbocycles. The molecule has 7 nitrogen and oxygen atoms in total. The van der Waals surface area contributed by atoms with Crippen molar-refractivity contribution in [2.45, 2.75) is 38.5 Å². The molecule has 3 aromatic rings. The molecule has 1 unspecified atom stereocenters. The minimum absolute atomic E-state index is 0.169. The van der Waals surface area contributed by atoms with E-state index in [1.807, 2.05) is 29.9 Å². The monoisotopic (exact) mass is 463 g/mol. The van der Waals surface area contributed by atoms with Crippen molar-refractivity contribution in [3.63, 3.8) is 0 Å². The summed E-state index contributed by atoms with van der Waals surface area (Å²) in [5.41, 5.74) is 10.3. The van der Waals surface area contributed by atoms with Crippen LogP contribution in [0.5, 0.6) is 0 Å². The molecule has 2 N–H and O–H groups in total. The second kappa shape index (κ2) is 10.8. The van der Waals surface area contributed by atoms with E-state index in [1.165, 1.54) is 37.9 Å². The van der Waals surface area contributed by atoms with E-state index in [2.05, 4.69) is 51.4 Å². The summed E-state index contributed by atoms with van der Waals surface area (Å²) < 4.78 is 8.98. The van der Waals surface area contributed by atoms with E-state index >= 15 is 0 Å². The van der Waals surface area contributed by atoms with Crippen LogP contribution in [0.25, 0.3) is 10.2 Å². The van der Waals surface area contributed by atoms with Crippen LogP contribution in [0, 0.1) is 0 Å². The predicted molar refractivity (Wildman–Crippen MR) is 134 cm³/mol. The molecule has 1 aliphatic heterocycles. The zero-order valence-electron chi connectivity index (χ0n) is 19.1. The van der Waals surface area contributed by atoms with Crippen LogP contribution in [0.2, 0.25) is 0 Å². The molecule has 3 heterocycles. The number of nitrogens with two attached hydrogens (primary N) is 1. The lowest BCUT2D eigenvalue weighted by Crippen LogP contribution is -2.35. The van der Waals surface area contributed by atoms with Crippen molar-refractivity contribution in [3.05, 3.63) is 71.1 Å². The summed E-state index contributed by atoms with van der Waals surface area (Å²) in [7, 11) is 1.97. The Morgan fingerprint density at radius 1 is 1.27 bits per heavy atom. The number of thiazole rings is 1. The summed E-state index contributed by atoms with van der Waals surface area (Å²) in [4.78, 5) is 15.1. The Kier molecular flexibility index (Phi) is 7.59. The number of rotatable bonds is 7. The number of aromatic nitrogens is 2. The lowest BCUT2D eigenvalue weighted by Gasteiger charge is -2.26. The first kappa shape index (κ1) is 23.2. The Morgan fingerprint density at radius 3 is 2.82 bits per heavy atom. The number of aliphatic imine (C=N–C) groups is 2. The molecular weight excluding hydrogens is 432 g/mol. The summed E-state index contributed by atoms with van der Waals surface area (Å²) in [5.74, 6) is 0. The van der Waals surface area contributed by atoms with Gasteiger partial charge in [0.05, 0.1) is 11.9 Å². The lowest BCUT2D eigenvalue weighted by atomic mass is 10.1. The highest BCUT2D eigenvalue weighted by molar-refractivity contribution is 7.18. The highest BCUT2D eigenvalue weighted by atomic mass is 32.1. The molecule has 0 aliphatic carbocycles. The van der Waals surface area contributed by atoms with Gasteiger partial charge in [-0.25, -0.2) is 4.99 Å². The van der Waals surface area contributed by atoms with Gasteiger partial charge in [0.15, 0.2) is 0 Å². The summed E-state index contributed by atoms with van der Waals surface area (Å²) in [6.07, 6.45) is 7.52. The molecule has 172 valence electrons. The number of nitrogens with zero attached hydrogens (tertiary/aromatic N) is 5. The topological polar surface area (TPSA) is 80.0 Å². The van der Waals surface area contributed by atoms with Gasteiger partial charge in [-0.05, 0) is 49.8 Å². The van der Waals surface area contributed by atoms with Gasteiger partial charge in [-0.3, -0.25) is 9.88 Å². The Morgan fingerprint density at radius 2 is 2.06 bits per heavy atom. The second-order valence-corrected chi connectivity index (χ2v) is 9.37. The SMILES string of the molecule is C=NC(=NC(=C)C(N)c1sc2ccncc2[n+]1C)OCc1cccc(CN2CCCCC2)c1. The standard InChI is InChI=1S/C25H31N6OS/c1-18(23(26)24-30(3)21-15-28-11-10-22(21)33-24)29-25(27-2)32-17-20-9-7-8-19(14-20)16-31-12-5-4-6-13-31/h7-11,14-15,23H,1-2,4-6,12-13,16-17,26H2,3H3/q+1. The first-order valence-electron chi connectivity index (χ1n) is 11.2. The van der Waals surface area contributed by atoms with Crippen molar-refractivity contribution in [1.82, 2.24) is 9.88 Å². The maximum Gasteiger partial charge on any atom is 0.316 e. The van der Waals surface area contributed by atoms with Gasteiger partial charge in [0.25, 0.3) is 5.01 Å². The van der Waals surface area contributed by atoms with Crippen molar-refractivity contribution < 1.29 is 9.30 Å². The van der Waals surface area contributed by atoms with Crippen LogP contribution in [-0.4, -0.2) is 35.7 Å². The average Bonchev–Trinajstić information content (AvgIpc) is 3.18. The van der Waals surface area contributed by atoms with Crippen molar-refractivity contribution in [3.8, 4) is 0 Å². The zero-order chi connectivity index (χ0) is 23.2. The molecule has 1 fully saturated rings. The van der Waals surface area contributed by atoms with Gasteiger partial charge in [-0.15, -0.1) is 0 Å². The highest BCUT2D eigenvalue weighted by Gasteiger charge is 2.25. The Bertz CT molecular complexity index is 1160. The molecule has 33 heavy (non-hydrogen) atoms. The van der Waals surface area contributed by atoms with Gasteiger partial charge in [0.2, 0.25) is 5.52 Å². The molecule has 8 heteroatoms. The lowest BCUT2D eigenvalue weighted by molar-refractivity contribution is -0.649. The van der Waals surface area contributed by atoms with Crippen LogP contribution in [0.3, 0.4) is 0 Å². The number of benzene rings is 1. The largest absolute Gasteiger partial charge is 0.459 e. The average molecular weight is 464 g/mol. The van der Waals surface area contributed by atoms with Gasteiger partial charge in [-0.1, -0.05) is 48.6 Å². The molecule has 4 rings (SSSR count). The number of hydrogen-bond donors (Lipinski definition) is 1. The number of fused-ring (bicyclic) bond motifs is 1. The Labute approximate surface area is 199 Å². The van der Waals surface area contributed by atoms with E-state index in [-0.39, 0.29) is 6.02 Å². The van der Waals surface area contributed by atoms with E-state index < -0.39 is 6.04 Å². The quantitative estimate of drug-likeness (QED) is 0.327. The third kappa shape index (κ3) is 5.71. The van der Waals surface area contributed by atoms with E-state index in [0.717, 1.165) is 27.3 Å². The van der Waals surface area contributed by atoms with Crippen molar-refractivity contribution in [2.75, 3.05) is 13.1 Å². The van der Waals surface area contributed by atoms with Crippen molar-refractivity contribution >= 4 is 34.3 Å². The van der Waals surface area contributed by atoms with Crippen LogP contribution in [0.1, 0.15) is 41.4 Å². The number of ether oxygens (including phenoxy) is 1. The molecule has 0 amide bonds. The summed E-state index contributed by atoms with van der Waals surface area (Å²) in [6, 6.07) is 10.1. The van der Waals surface area contributed by atoms with Crippen LogP contribution >= 0.6 is 11.3 Å². The fourth-order valence-electron chi connectivity index (χ4n) is 4.07. The molecular formula is C25H31N6OS+. The number of amidine groups is 1. The van der Waals surface area contributed by atoms with Gasteiger partial charge >= 0.3 is 6.02 Å². The first-order chi connectivity index (χ1) is 16.0. The molecule has 2 aromatic heterocycles. The zero-order valence-corrected chi connectivity index (χ0v) is 19.9. The Hall–Kier alpha value is -2.94. The number of likely N-dealkylation sites (tertiary alicyclic amines) is 1. The van der Waals surface area contributed by atoms with Crippen LogP contribution < -0.4 is 10.3 Å². The van der Waals surface area contributed by atoms with E-state index in [4.69, 9.17) is 10.5 Å². The van der Waals surface area contributed by atoms with E-state index in [0.29, 0.717) is 12.3 Å². The van der Waals surface area contributed by atoms with Crippen LogP contribution in [0.15, 0.2) is 65.0 Å². The minimum atomic E-state index is -0.486. The predicted octanol–water partition coefficient (Wildman–Crippen LogP) is 3.89. The van der Waals surface area contributed by atoms with Crippen molar-refractivity contribution in [2.24, 2.45) is 22.8 Å². The molecule has 1 saturated heterocycles. The van der Waals surface area contributed by atoms with Gasteiger partial charge in [0.1, 0.15) is 24.4 Å². The first-order valence-corrected chi connectivity index (χ1v) is 12.0. The maximum absolute atomic E-state index is 6.46. The van der Waals surface area contributed by atoms with Gasteiger partial charge in [0, 0.05) is 12.7 Å². The summed E-state index contributed by atoms with van der Waals surface area (Å²) >= 11 is 1.60. The van der Waals surface area contributed by atoms with Gasteiger partial charge < -0.3 is 10.5 Å². The number of pyridine rings is 1. The maximum atomic E-state index is 6.46. The number of aryl methyl sites for hydroxylation is 1. The van der Waals surface area contributed by atoms with Crippen LogP contribution in [0.4, 0.5) is 0 Å². The molecule has 0 spiro atoms. The minimum Gasteiger partial charge on any atom is -0.459 e. The smallest absolute Gasteiger partial charge is 0.316 e. The normalized spacial score (nSPS) is 16.0. The Balaban J connectivity index is 1.40. The number of piperidine rings is 1. The highest BCUT2D eigenvalue weighted by Crippen LogP contribution is 2.26. The summed E-state index contributed by atoms with van der Waals surface area (Å²) in [6.45, 7) is 11.3. The fraction of sp³-hybridized carbons (Fsp3) is 0.360. The molecule has 1 atom stereocenters. The second-order valence-electron chi connectivity index (χ2n) is 8.31. The third-order valence-electron chi connectivity index (χ3n) is 5.88. The fourth-order valence-corrected chi connectivity index (χ4v) is 5.22.